The molecule has 0 heterocycles. The molecule has 2 N–H and O–H groups in total. The summed E-state index contributed by atoms with van der Waals surface area (Å²) in [6.07, 6.45) is 18.0. The van der Waals surface area contributed by atoms with Gasteiger partial charge in [0.05, 0.1) is 5.75 Å². The summed E-state index contributed by atoms with van der Waals surface area (Å²) in [6.45, 7) is 3.93. The van der Waals surface area contributed by atoms with E-state index in [9.17, 15) is 22.8 Å². The molecule has 0 aliphatic heterocycles. The zero-order valence-corrected chi connectivity index (χ0v) is 23.5. The topological polar surface area (TPSA) is 135 Å². The quantitative estimate of drug-likeness (QED) is 0.0729. The smallest absolute Gasteiger partial charge is 1.00 e. The van der Waals surface area contributed by atoms with Crippen molar-refractivity contribution in [1.82, 2.24) is 0 Å². The molecule has 10 heteroatoms. The van der Waals surface area contributed by atoms with Crippen LogP contribution in [0.3, 0.4) is 0 Å². The largest absolute Gasteiger partial charge is 1.00 e. The molecule has 0 radical (unpaired) electrons. The van der Waals surface area contributed by atoms with Crippen molar-refractivity contribution in [2.45, 2.75) is 110 Å². The van der Waals surface area contributed by atoms with Gasteiger partial charge in [0.25, 0.3) is 10.1 Å². The van der Waals surface area contributed by atoms with Gasteiger partial charge >= 0.3 is 47.5 Å². The number of carbonyl (C=O) groups is 3. The van der Waals surface area contributed by atoms with Crippen LogP contribution in [0.2, 0.25) is 0 Å². The Hall–Kier alpha value is -0.740. The number of rotatable bonds is 18. The van der Waals surface area contributed by atoms with Gasteiger partial charge < -0.3 is 11.3 Å². The van der Waals surface area contributed by atoms with E-state index in [1.54, 1.807) is 6.92 Å². The van der Waals surface area contributed by atoms with Crippen LogP contribution >= 0.6 is 0 Å². The first-order chi connectivity index (χ1) is 15.1. The fourth-order valence-corrected chi connectivity index (χ4v) is 3.40. The van der Waals surface area contributed by atoms with E-state index in [4.69, 9.17) is 9.66 Å². The molecule has 0 aromatic heterocycles. The zero-order chi connectivity index (χ0) is 24.7. The summed E-state index contributed by atoms with van der Waals surface area (Å²) in [5, 5.41) is 8.35. The molecule has 0 aliphatic rings. The van der Waals surface area contributed by atoms with Crippen molar-refractivity contribution in [3.8, 4) is 0 Å². The minimum Gasteiger partial charge on any atom is -1.00 e. The molecule has 0 aliphatic carbocycles. The van der Waals surface area contributed by atoms with Gasteiger partial charge in [-0.2, -0.15) is 8.42 Å². The third-order valence-electron chi connectivity index (χ3n) is 4.52. The molecule has 0 aromatic rings. The van der Waals surface area contributed by atoms with Crippen LogP contribution in [-0.4, -0.2) is 41.7 Å². The number of hydrogen-bond donors (Lipinski definition) is 2. The summed E-state index contributed by atoms with van der Waals surface area (Å²) in [7, 11) is -3.67. The first-order valence-corrected chi connectivity index (χ1v) is 13.3. The molecule has 0 saturated carbocycles. The maximum atomic E-state index is 11.4. The molecule has 0 rings (SSSR count). The minimum absolute atomic E-state index is 0. The van der Waals surface area contributed by atoms with Crippen molar-refractivity contribution in [2.24, 2.45) is 0 Å². The Bertz CT molecular complexity index is 639. The minimum atomic E-state index is -3.67. The molecule has 0 unspecified atom stereocenters. The number of carboxylic acids is 1. The first kappa shape index (κ1) is 36.8. The van der Waals surface area contributed by atoms with Crippen molar-refractivity contribution in [1.29, 1.82) is 0 Å². The number of carbonyl (C=O) groups excluding carboxylic acids is 2. The maximum Gasteiger partial charge on any atom is 1.00 e. The number of esters is 2. The van der Waals surface area contributed by atoms with Crippen LogP contribution in [0.15, 0.2) is 12.2 Å². The number of hydrogen-bond acceptors (Lipinski definition) is 6. The fourth-order valence-electron chi connectivity index (χ4n) is 2.88. The summed E-state index contributed by atoms with van der Waals surface area (Å²) >= 11 is 0. The van der Waals surface area contributed by atoms with Crippen molar-refractivity contribution in [3.05, 3.63) is 12.2 Å². The van der Waals surface area contributed by atoms with Crippen LogP contribution in [0, 0.1) is 0 Å². The van der Waals surface area contributed by atoms with Gasteiger partial charge in [0.15, 0.2) is 0 Å². The van der Waals surface area contributed by atoms with Gasteiger partial charge in [0, 0.05) is 18.6 Å². The monoisotopic (exact) mass is 502 g/mol. The summed E-state index contributed by atoms with van der Waals surface area (Å²) in [4.78, 5) is 32.7. The molecule has 0 aromatic carbocycles. The van der Waals surface area contributed by atoms with E-state index in [-0.39, 0.29) is 43.2 Å². The van der Waals surface area contributed by atoms with E-state index < -0.39 is 28.0 Å². The average molecular weight is 503 g/mol. The molecular weight excluding hydrogens is 459 g/mol. The SMILES string of the molecule is CCCCCCCCCCCCCCCC(=O)OC(=O)/C=C\C(=O)O.CCCS(=O)(=O)O.[H-].[Na+]. The number of unbranched alkanes of at least 4 members (excludes halogenated alkanes) is 12. The first-order valence-electron chi connectivity index (χ1n) is 11.7. The van der Waals surface area contributed by atoms with Gasteiger partial charge in [-0.25, -0.2) is 9.59 Å². The van der Waals surface area contributed by atoms with Gasteiger partial charge in [0.1, 0.15) is 0 Å². The van der Waals surface area contributed by atoms with Gasteiger partial charge in [-0.05, 0) is 12.8 Å². The van der Waals surface area contributed by atoms with Crippen LogP contribution < -0.4 is 29.6 Å². The van der Waals surface area contributed by atoms with Crippen LogP contribution in [0.1, 0.15) is 112 Å². The second-order valence-corrected chi connectivity index (χ2v) is 9.32. The standard InChI is InChI=1S/C20H34O5.C3H8O3S.Na.H/c1-2-3-4-5-6-7-8-9-10-11-12-13-14-15-19(23)25-20(24)17-16-18(21)22;1-2-3-7(4,5)6;;/h16-17H,2-15H2,1H3,(H,21,22);2-3H2,1H3,(H,4,5,6);;/q;;+1;-1/b17-16-;;;. The number of carboxylic acid groups (broad SMARTS) is 1. The number of ether oxygens (including phenoxy) is 1. The summed E-state index contributed by atoms with van der Waals surface area (Å²) < 4.78 is 32.0. The summed E-state index contributed by atoms with van der Waals surface area (Å²) in [6, 6.07) is 0. The Morgan fingerprint density at radius 3 is 1.52 bits per heavy atom. The second kappa shape index (κ2) is 25.9. The van der Waals surface area contributed by atoms with Crippen molar-refractivity contribution >= 4 is 28.0 Å². The van der Waals surface area contributed by atoms with Gasteiger partial charge in [-0.15, -0.1) is 0 Å². The van der Waals surface area contributed by atoms with Gasteiger partial charge in [-0.3, -0.25) is 9.35 Å². The summed E-state index contributed by atoms with van der Waals surface area (Å²) in [5.74, 6) is -2.90. The van der Waals surface area contributed by atoms with Crippen molar-refractivity contribution in [3.63, 3.8) is 0 Å². The normalized spacial score (nSPS) is 10.8. The van der Waals surface area contributed by atoms with E-state index in [0.717, 1.165) is 18.9 Å². The number of aliphatic carboxylic acids is 1. The van der Waals surface area contributed by atoms with Crippen molar-refractivity contribution in [2.75, 3.05) is 5.75 Å². The maximum absolute atomic E-state index is 11.4. The van der Waals surface area contributed by atoms with Crippen LogP contribution in [0.4, 0.5) is 0 Å². The second-order valence-electron chi connectivity index (χ2n) is 7.74. The zero-order valence-electron chi connectivity index (χ0n) is 21.7. The predicted octanol–water partition coefficient (Wildman–Crippen LogP) is 2.58. The molecule has 0 atom stereocenters. The van der Waals surface area contributed by atoms with Gasteiger partial charge in [-0.1, -0.05) is 90.9 Å². The molecule has 190 valence electrons. The van der Waals surface area contributed by atoms with E-state index in [1.807, 2.05) is 0 Å². The molecular formula is C23H43NaO8S. The Balaban J connectivity index is -0.000000433. The molecule has 0 spiro atoms. The molecule has 0 saturated heterocycles. The van der Waals surface area contributed by atoms with E-state index >= 15 is 0 Å². The van der Waals surface area contributed by atoms with E-state index in [0.29, 0.717) is 18.9 Å². The van der Waals surface area contributed by atoms with E-state index in [2.05, 4.69) is 11.7 Å². The third-order valence-corrected chi connectivity index (χ3v) is 5.45. The van der Waals surface area contributed by atoms with Crippen LogP contribution in [0.25, 0.3) is 0 Å². The Kier molecular flexibility index (Phi) is 28.9. The van der Waals surface area contributed by atoms with Crippen LogP contribution in [0.5, 0.6) is 0 Å². The molecule has 33 heavy (non-hydrogen) atoms. The van der Waals surface area contributed by atoms with E-state index in [1.165, 1.54) is 64.2 Å². The Labute approximate surface area is 223 Å². The van der Waals surface area contributed by atoms with Crippen LogP contribution in [-0.2, 0) is 29.2 Å². The van der Waals surface area contributed by atoms with Crippen molar-refractivity contribution < 1.29 is 68.2 Å². The molecule has 0 amide bonds. The third kappa shape index (κ3) is 36.0. The molecule has 0 fully saturated rings. The summed E-state index contributed by atoms with van der Waals surface area (Å²) in [5.41, 5.74) is 0. The molecule has 0 bridgehead atoms. The Morgan fingerprint density at radius 2 is 1.18 bits per heavy atom. The average Bonchev–Trinajstić information content (AvgIpc) is 2.69. The fraction of sp³-hybridized carbons (Fsp3) is 0.783. The molecule has 8 nitrogen and oxygen atoms in total. The predicted molar refractivity (Wildman–Crippen MR) is 126 cm³/mol. The Morgan fingerprint density at radius 1 is 0.758 bits per heavy atom. The van der Waals surface area contributed by atoms with Gasteiger partial charge in [0.2, 0.25) is 0 Å².